The third-order valence-corrected chi connectivity index (χ3v) is 3.30. The van der Waals surface area contributed by atoms with Gasteiger partial charge in [-0.15, -0.1) is 0 Å². The van der Waals surface area contributed by atoms with Gasteiger partial charge in [-0.25, -0.2) is 4.79 Å². The van der Waals surface area contributed by atoms with Crippen LogP contribution in [0.4, 0.5) is 0 Å². The Bertz CT molecular complexity index is 498. The Hall–Kier alpha value is -1.93. The van der Waals surface area contributed by atoms with Gasteiger partial charge in [0.15, 0.2) is 0 Å². The highest BCUT2D eigenvalue weighted by molar-refractivity contribution is 5.94. The van der Waals surface area contributed by atoms with Crippen LogP contribution in [0, 0.1) is 0 Å². The molecule has 0 fully saturated rings. The Kier molecular flexibility index (Phi) is 7.37. The molecule has 0 aromatic carbocycles. The number of carbonyl (C=O) groups excluding carboxylic acids is 3. The van der Waals surface area contributed by atoms with E-state index < -0.39 is 35.7 Å². The van der Waals surface area contributed by atoms with Gasteiger partial charge >= 0.3 is 5.97 Å². The van der Waals surface area contributed by atoms with Crippen LogP contribution >= 0.6 is 0 Å². The number of amides is 2. The maximum absolute atomic E-state index is 12.2. The van der Waals surface area contributed by atoms with Gasteiger partial charge in [0.2, 0.25) is 11.8 Å². The fourth-order valence-corrected chi connectivity index (χ4v) is 2.18. The van der Waals surface area contributed by atoms with Crippen LogP contribution in [0.2, 0.25) is 0 Å². The quantitative estimate of drug-likeness (QED) is 0.410. The van der Waals surface area contributed by atoms with Crippen LogP contribution in [0.25, 0.3) is 0 Å². The Morgan fingerprint density at radius 2 is 2.08 bits per heavy atom. The van der Waals surface area contributed by atoms with Crippen LogP contribution in [-0.4, -0.2) is 58.8 Å². The second kappa shape index (κ2) is 8.79. The predicted molar refractivity (Wildman–Crippen MR) is 87.5 cm³/mol. The van der Waals surface area contributed by atoms with E-state index in [4.69, 9.17) is 10.5 Å². The number of carbonyl (C=O) groups is 3. The van der Waals surface area contributed by atoms with E-state index in [-0.39, 0.29) is 6.54 Å². The van der Waals surface area contributed by atoms with Crippen LogP contribution in [-0.2, 0) is 19.1 Å². The van der Waals surface area contributed by atoms with Gasteiger partial charge in [0.1, 0.15) is 24.4 Å². The van der Waals surface area contributed by atoms with Gasteiger partial charge in [0.05, 0.1) is 0 Å². The fourth-order valence-electron chi connectivity index (χ4n) is 2.18. The molecule has 0 aromatic rings. The summed E-state index contributed by atoms with van der Waals surface area (Å²) in [6.07, 6.45) is 3.15. The number of esters is 1. The standard InChI is InChI=1S/C16H27N3O5/c1-16(2,3)24-15(23)11(6-4-5-9-17)18-12(20)10-19-13(21)7-8-14(19)22/h7-8,11,13,21H,4-6,9-10,17H2,1-3H3,(H,18,20). The maximum atomic E-state index is 12.2. The molecular weight excluding hydrogens is 314 g/mol. The minimum Gasteiger partial charge on any atom is -0.458 e. The molecule has 0 bridgehead atoms. The lowest BCUT2D eigenvalue weighted by Gasteiger charge is -2.26. The number of hydrogen-bond donors (Lipinski definition) is 3. The number of ether oxygens (including phenoxy) is 1. The molecule has 8 nitrogen and oxygen atoms in total. The van der Waals surface area contributed by atoms with E-state index in [0.717, 1.165) is 11.3 Å². The Balaban J connectivity index is 2.63. The second-order valence-corrected chi connectivity index (χ2v) is 6.68. The Morgan fingerprint density at radius 1 is 1.42 bits per heavy atom. The second-order valence-electron chi connectivity index (χ2n) is 6.68. The van der Waals surface area contributed by atoms with Gasteiger partial charge in [0.25, 0.3) is 0 Å². The number of nitrogens with two attached hydrogens (primary N) is 1. The zero-order valence-electron chi connectivity index (χ0n) is 14.4. The van der Waals surface area contributed by atoms with E-state index in [0.29, 0.717) is 19.4 Å². The van der Waals surface area contributed by atoms with E-state index >= 15 is 0 Å². The molecule has 0 aliphatic carbocycles. The van der Waals surface area contributed by atoms with Crippen molar-refractivity contribution in [1.29, 1.82) is 0 Å². The summed E-state index contributed by atoms with van der Waals surface area (Å²) in [5.74, 6) is -1.51. The first-order valence-electron chi connectivity index (χ1n) is 8.03. The van der Waals surface area contributed by atoms with Crippen LogP contribution < -0.4 is 11.1 Å². The summed E-state index contributed by atoms with van der Waals surface area (Å²) in [5.41, 5.74) is 4.78. The highest BCUT2D eigenvalue weighted by Gasteiger charge is 2.29. The number of nitrogens with one attached hydrogen (secondary N) is 1. The summed E-state index contributed by atoms with van der Waals surface area (Å²) >= 11 is 0. The van der Waals surface area contributed by atoms with Crippen LogP contribution in [0.15, 0.2) is 12.2 Å². The van der Waals surface area contributed by atoms with Crippen molar-refractivity contribution in [2.45, 2.75) is 57.9 Å². The van der Waals surface area contributed by atoms with E-state index in [2.05, 4.69) is 5.32 Å². The monoisotopic (exact) mass is 341 g/mol. The minimum absolute atomic E-state index is 0.330. The molecule has 2 atom stereocenters. The molecule has 0 saturated carbocycles. The molecule has 2 unspecified atom stereocenters. The molecule has 0 aromatic heterocycles. The summed E-state index contributed by atoms with van der Waals surface area (Å²) in [7, 11) is 0. The summed E-state index contributed by atoms with van der Waals surface area (Å²) in [4.78, 5) is 36.9. The van der Waals surface area contributed by atoms with Crippen molar-refractivity contribution >= 4 is 17.8 Å². The van der Waals surface area contributed by atoms with Crippen molar-refractivity contribution in [3.8, 4) is 0 Å². The SMILES string of the molecule is CC(C)(C)OC(=O)C(CCCCN)NC(=O)CN1C(=O)C=CC1O. The zero-order chi connectivity index (χ0) is 18.3. The molecule has 24 heavy (non-hydrogen) atoms. The Morgan fingerprint density at radius 3 is 2.58 bits per heavy atom. The molecule has 1 aliphatic rings. The highest BCUT2D eigenvalue weighted by Crippen LogP contribution is 2.12. The Labute approximate surface area is 142 Å². The summed E-state index contributed by atoms with van der Waals surface area (Å²) in [6.45, 7) is 5.40. The molecule has 1 rings (SSSR count). The molecule has 1 heterocycles. The van der Waals surface area contributed by atoms with E-state index in [9.17, 15) is 19.5 Å². The van der Waals surface area contributed by atoms with Gasteiger partial charge in [-0.05, 0) is 52.7 Å². The number of rotatable bonds is 8. The molecule has 0 radical (unpaired) electrons. The van der Waals surface area contributed by atoms with Crippen molar-refractivity contribution in [3.63, 3.8) is 0 Å². The van der Waals surface area contributed by atoms with E-state index in [1.54, 1.807) is 20.8 Å². The molecule has 1 aliphatic heterocycles. The average molecular weight is 341 g/mol. The number of unbranched alkanes of at least 4 members (excludes halogenated alkanes) is 1. The van der Waals surface area contributed by atoms with Crippen molar-refractivity contribution in [2.75, 3.05) is 13.1 Å². The normalized spacial score (nSPS) is 18.6. The van der Waals surface area contributed by atoms with Gasteiger partial charge in [-0.2, -0.15) is 0 Å². The molecule has 0 saturated heterocycles. The molecule has 8 heteroatoms. The first kappa shape index (κ1) is 20.1. The molecule has 136 valence electrons. The molecule has 4 N–H and O–H groups in total. The van der Waals surface area contributed by atoms with Crippen molar-refractivity contribution in [1.82, 2.24) is 10.2 Å². The lowest BCUT2D eigenvalue weighted by atomic mass is 10.1. The first-order chi connectivity index (χ1) is 11.1. The summed E-state index contributed by atoms with van der Waals surface area (Å²) < 4.78 is 5.32. The number of hydrogen-bond acceptors (Lipinski definition) is 6. The highest BCUT2D eigenvalue weighted by atomic mass is 16.6. The van der Waals surface area contributed by atoms with Gasteiger partial charge in [0, 0.05) is 6.08 Å². The largest absolute Gasteiger partial charge is 0.458 e. The fraction of sp³-hybridized carbons (Fsp3) is 0.688. The van der Waals surface area contributed by atoms with Gasteiger partial charge in [-0.3, -0.25) is 9.59 Å². The average Bonchev–Trinajstić information content (AvgIpc) is 2.76. The summed E-state index contributed by atoms with van der Waals surface area (Å²) in [6, 6.07) is -0.814. The van der Waals surface area contributed by atoms with Crippen LogP contribution in [0.3, 0.4) is 0 Å². The van der Waals surface area contributed by atoms with Crippen molar-refractivity contribution in [2.24, 2.45) is 5.73 Å². The van der Waals surface area contributed by atoms with E-state index in [1.807, 2.05) is 0 Å². The third-order valence-electron chi connectivity index (χ3n) is 3.30. The third kappa shape index (κ3) is 6.67. The van der Waals surface area contributed by atoms with Gasteiger partial charge < -0.3 is 25.8 Å². The number of nitrogens with zero attached hydrogens (tertiary/aromatic N) is 1. The lowest BCUT2D eigenvalue weighted by Crippen LogP contribution is -2.49. The maximum Gasteiger partial charge on any atom is 0.329 e. The topological polar surface area (TPSA) is 122 Å². The first-order valence-corrected chi connectivity index (χ1v) is 8.03. The van der Waals surface area contributed by atoms with Gasteiger partial charge in [-0.1, -0.05) is 0 Å². The summed E-state index contributed by atoms with van der Waals surface area (Å²) in [5, 5.41) is 12.2. The van der Waals surface area contributed by atoms with E-state index in [1.165, 1.54) is 12.2 Å². The molecular formula is C16H27N3O5. The zero-order valence-corrected chi connectivity index (χ0v) is 14.4. The number of aliphatic hydroxyl groups is 1. The predicted octanol–water partition coefficient (Wildman–Crippen LogP) is -0.341. The minimum atomic E-state index is -1.12. The number of aliphatic hydroxyl groups excluding tert-OH is 1. The molecule has 0 spiro atoms. The van der Waals surface area contributed by atoms with Crippen molar-refractivity contribution < 1.29 is 24.2 Å². The van der Waals surface area contributed by atoms with Crippen LogP contribution in [0.1, 0.15) is 40.0 Å². The van der Waals surface area contributed by atoms with Crippen molar-refractivity contribution in [3.05, 3.63) is 12.2 Å². The lowest BCUT2D eigenvalue weighted by molar-refractivity contribution is -0.159. The molecule has 2 amide bonds. The smallest absolute Gasteiger partial charge is 0.329 e. The van der Waals surface area contributed by atoms with Crippen LogP contribution in [0.5, 0.6) is 0 Å².